The highest BCUT2D eigenvalue weighted by Gasteiger charge is 2.46. The molecule has 0 unspecified atom stereocenters. The monoisotopic (exact) mass is 390 g/mol. The maximum atomic E-state index is 12.8. The van der Waals surface area contributed by atoms with Crippen molar-refractivity contribution in [1.82, 2.24) is 9.88 Å². The van der Waals surface area contributed by atoms with Gasteiger partial charge in [0.05, 0.1) is 12.2 Å². The van der Waals surface area contributed by atoms with Gasteiger partial charge in [-0.3, -0.25) is 4.79 Å². The van der Waals surface area contributed by atoms with Crippen LogP contribution in [-0.2, 0) is 9.53 Å². The summed E-state index contributed by atoms with van der Waals surface area (Å²) in [4.78, 5) is 19.1. The lowest BCUT2D eigenvalue weighted by Crippen LogP contribution is -2.51. The molecular weight excluding hydrogens is 360 g/mol. The number of hydrogen-bond acceptors (Lipinski definition) is 5. The fourth-order valence-corrected chi connectivity index (χ4v) is 5.90. The summed E-state index contributed by atoms with van der Waals surface area (Å²) in [5.74, 6) is 4.12. The third-order valence-corrected chi connectivity index (χ3v) is 7.49. The van der Waals surface area contributed by atoms with Gasteiger partial charge in [0.25, 0.3) is 0 Å². The third-order valence-electron chi connectivity index (χ3n) is 6.45. The van der Waals surface area contributed by atoms with Crippen LogP contribution in [0.3, 0.4) is 0 Å². The van der Waals surface area contributed by atoms with E-state index in [2.05, 4.69) is 9.88 Å². The van der Waals surface area contributed by atoms with E-state index < -0.39 is 0 Å². The van der Waals surface area contributed by atoms with Gasteiger partial charge in [0, 0.05) is 37.9 Å². The Balaban J connectivity index is 1.27. The molecule has 1 aromatic heterocycles. The van der Waals surface area contributed by atoms with Gasteiger partial charge in [-0.05, 0) is 62.0 Å². The molecule has 148 valence electrons. The largest absolute Gasteiger partial charge is 0.478 e. The van der Waals surface area contributed by atoms with E-state index in [-0.39, 0.29) is 11.5 Å². The first-order valence-corrected chi connectivity index (χ1v) is 11.5. The Bertz CT molecular complexity index is 613. The standard InChI is InChI=1S/C21H30N2O3S/c24-20(17-6-15-27-16-7-17)23-11-8-21(9-12-23)18(5-14-26-21)4-13-25-19-3-1-2-10-22-19/h1-3,10,17-18H,4-9,11-16H2/t18-/m0/s1. The van der Waals surface area contributed by atoms with Crippen LogP contribution in [0.25, 0.3) is 0 Å². The van der Waals surface area contributed by atoms with Crippen LogP contribution in [-0.4, -0.2) is 59.2 Å². The number of hydrogen-bond donors (Lipinski definition) is 0. The fraction of sp³-hybridized carbons (Fsp3) is 0.714. The van der Waals surface area contributed by atoms with Crippen LogP contribution >= 0.6 is 11.8 Å². The molecular formula is C21H30N2O3S. The molecule has 0 saturated carbocycles. The van der Waals surface area contributed by atoms with Crippen molar-refractivity contribution in [2.45, 2.75) is 44.1 Å². The van der Waals surface area contributed by atoms with Gasteiger partial charge in [-0.15, -0.1) is 0 Å². The van der Waals surface area contributed by atoms with Crippen molar-refractivity contribution >= 4 is 17.7 Å². The number of pyridine rings is 1. The van der Waals surface area contributed by atoms with Crippen LogP contribution < -0.4 is 4.74 Å². The topological polar surface area (TPSA) is 51.7 Å². The minimum atomic E-state index is -0.0489. The predicted octanol–water partition coefficient (Wildman–Crippen LogP) is 3.39. The summed E-state index contributed by atoms with van der Waals surface area (Å²) in [6, 6.07) is 5.74. The van der Waals surface area contributed by atoms with Gasteiger partial charge in [0.15, 0.2) is 0 Å². The van der Waals surface area contributed by atoms with E-state index in [1.54, 1.807) is 6.20 Å². The Morgan fingerprint density at radius 3 is 2.81 bits per heavy atom. The molecule has 6 heteroatoms. The van der Waals surface area contributed by atoms with Crippen LogP contribution in [0.1, 0.15) is 38.5 Å². The van der Waals surface area contributed by atoms with Gasteiger partial charge in [-0.1, -0.05) is 6.07 Å². The predicted molar refractivity (Wildman–Crippen MR) is 107 cm³/mol. The van der Waals surface area contributed by atoms with Crippen LogP contribution in [0, 0.1) is 11.8 Å². The highest BCUT2D eigenvalue weighted by atomic mass is 32.2. The van der Waals surface area contributed by atoms with Gasteiger partial charge < -0.3 is 14.4 Å². The molecule has 0 bridgehead atoms. The van der Waals surface area contributed by atoms with Crippen LogP contribution in [0.5, 0.6) is 5.88 Å². The summed E-state index contributed by atoms with van der Waals surface area (Å²) in [7, 11) is 0. The molecule has 3 fully saturated rings. The number of carbonyl (C=O) groups excluding carboxylic acids is 1. The highest BCUT2D eigenvalue weighted by Crippen LogP contribution is 2.42. The molecule has 1 atom stereocenters. The van der Waals surface area contributed by atoms with E-state index in [0.29, 0.717) is 24.3 Å². The number of likely N-dealkylation sites (tertiary alicyclic amines) is 1. The third kappa shape index (κ3) is 4.43. The summed E-state index contributed by atoms with van der Waals surface area (Å²) in [6.07, 6.45) is 7.88. The van der Waals surface area contributed by atoms with Crippen molar-refractivity contribution in [3.05, 3.63) is 24.4 Å². The van der Waals surface area contributed by atoms with E-state index in [4.69, 9.17) is 9.47 Å². The molecule has 0 radical (unpaired) electrons. The fourth-order valence-electron chi connectivity index (χ4n) is 4.79. The van der Waals surface area contributed by atoms with E-state index in [1.807, 2.05) is 30.0 Å². The molecule has 0 N–H and O–H groups in total. The van der Waals surface area contributed by atoms with Crippen molar-refractivity contribution in [1.29, 1.82) is 0 Å². The lowest BCUT2D eigenvalue weighted by molar-refractivity contribution is -0.142. The smallest absolute Gasteiger partial charge is 0.225 e. The molecule has 0 aliphatic carbocycles. The molecule has 0 aromatic carbocycles. The summed E-state index contributed by atoms with van der Waals surface area (Å²) >= 11 is 1.98. The van der Waals surface area contributed by atoms with Crippen LogP contribution in [0.15, 0.2) is 24.4 Å². The minimum absolute atomic E-state index is 0.0489. The maximum Gasteiger partial charge on any atom is 0.225 e. The Morgan fingerprint density at radius 1 is 1.26 bits per heavy atom. The first-order chi connectivity index (χ1) is 13.3. The first-order valence-electron chi connectivity index (χ1n) is 10.3. The number of rotatable bonds is 5. The average Bonchev–Trinajstić information content (AvgIpc) is 3.11. The van der Waals surface area contributed by atoms with Gasteiger partial charge >= 0.3 is 0 Å². The molecule has 1 amide bonds. The van der Waals surface area contributed by atoms with Gasteiger partial charge in [0.2, 0.25) is 11.8 Å². The van der Waals surface area contributed by atoms with Crippen molar-refractivity contribution < 1.29 is 14.3 Å². The number of thioether (sulfide) groups is 1. The Hall–Kier alpha value is -1.27. The molecule has 5 nitrogen and oxygen atoms in total. The second kappa shape index (κ2) is 8.82. The molecule has 3 aliphatic rings. The van der Waals surface area contributed by atoms with Crippen molar-refractivity contribution in [3.8, 4) is 5.88 Å². The minimum Gasteiger partial charge on any atom is -0.478 e. The lowest BCUT2D eigenvalue weighted by atomic mass is 9.78. The zero-order valence-electron chi connectivity index (χ0n) is 16.0. The summed E-state index contributed by atoms with van der Waals surface area (Å²) in [6.45, 7) is 3.21. The van der Waals surface area contributed by atoms with Crippen molar-refractivity contribution in [2.24, 2.45) is 11.8 Å². The average molecular weight is 391 g/mol. The molecule has 1 spiro atoms. The molecule has 4 heterocycles. The van der Waals surface area contributed by atoms with Crippen LogP contribution in [0.2, 0.25) is 0 Å². The molecule has 27 heavy (non-hydrogen) atoms. The van der Waals surface area contributed by atoms with Gasteiger partial charge in [0.1, 0.15) is 0 Å². The van der Waals surface area contributed by atoms with Gasteiger partial charge in [-0.2, -0.15) is 11.8 Å². The normalized spacial score (nSPS) is 25.6. The van der Waals surface area contributed by atoms with E-state index >= 15 is 0 Å². The van der Waals surface area contributed by atoms with Crippen molar-refractivity contribution in [3.63, 3.8) is 0 Å². The number of piperidine rings is 1. The Kier molecular flexibility index (Phi) is 6.23. The highest BCUT2D eigenvalue weighted by molar-refractivity contribution is 7.99. The maximum absolute atomic E-state index is 12.8. The first kappa shape index (κ1) is 19.1. The second-order valence-electron chi connectivity index (χ2n) is 7.92. The van der Waals surface area contributed by atoms with Crippen molar-refractivity contribution in [2.75, 3.05) is 37.8 Å². The van der Waals surface area contributed by atoms with Gasteiger partial charge in [-0.25, -0.2) is 4.98 Å². The SMILES string of the molecule is O=C(C1CCSCC1)N1CCC2(CC1)OCC[C@@H]2CCOc1ccccn1. The molecule has 3 saturated heterocycles. The number of nitrogens with zero attached hydrogens (tertiary/aromatic N) is 2. The zero-order chi connectivity index (χ0) is 18.5. The molecule has 3 aliphatic heterocycles. The number of aromatic nitrogens is 1. The lowest BCUT2D eigenvalue weighted by Gasteiger charge is -2.43. The summed E-state index contributed by atoms with van der Waals surface area (Å²) < 4.78 is 12.1. The van der Waals surface area contributed by atoms with E-state index in [9.17, 15) is 4.79 Å². The molecule has 1 aromatic rings. The van der Waals surface area contributed by atoms with E-state index in [0.717, 1.165) is 69.7 Å². The molecule has 4 rings (SSSR count). The number of amides is 1. The number of carbonyl (C=O) groups is 1. The Morgan fingerprint density at radius 2 is 2.07 bits per heavy atom. The summed E-state index contributed by atoms with van der Waals surface area (Å²) in [5.41, 5.74) is -0.0489. The summed E-state index contributed by atoms with van der Waals surface area (Å²) in [5, 5.41) is 0. The van der Waals surface area contributed by atoms with Crippen LogP contribution in [0.4, 0.5) is 0 Å². The second-order valence-corrected chi connectivity index (χ2v) is 9.14. The number of ether oxygens (including phenoxy) is 2. The Labute approximate surface area is 166 Å². The quantitative estimate of drug-likeness (QED) is 0.771. The van der Waals surface area contributed by atoms with E-state index in [1.165, 1.54) is 0 Å². The zero-order valence-corrected chi connectivity index (χ0v) is 16.8.